The maximum Gasteiger partial charge on any atom is 0.123 e. The van der Waals surface area contributed by atoms with E-state index in [4.69, 9.17) is 5.73 Å². The topological polar surface area (TPSA) is 38.0 Å². The van der Waals surface area contributed by atoms with Crippen LogP contribution >= 0.6 is 0 Å². The molecule has 32 heavy (non-hydrogen) atoms. The summed E-state index contributed by atoms with van der Waals surface area (Å²) in [6.45, 7) is 8.08. The molecule has 0 saturated heterocycles. The van der Waals surface area contributed by atoms with Gasteiger partial charge < -0.3 is 11.1 Å². The fraction of sp³-hybridized carbons (Fsp3) is 0.586. The van der Waals surface area contributed by atoms with E-state index in [0.29, 0.717) is 17.4 Å². The smallest absolute Gasteiger partial charge is 0.123 e. The van der Waals surface area contributed by atoms with Crippen molar-refractivity contribution in [3.05, 3.63) is 70.5 Å². The highest BCUT2D eigenvalue weighted by Crippen LogP contribution is 2.53. The molecule has 2 nitrogen and oxygen atoms in total. The molecule has 2 aliphatic carbocycles. The molecule has 0 aliphatic heterocycles. The van der Waals surface area contributed by atoms with Crippen molar-refractivity contribution in [2.45, 2.75) is 89.6 Å². The summed E-state index contributed by atoms with van der Waals surface area (Å²) in [7, 11) is 0. The van der Waals surface area contributed by atoms with Crippen LogP contribution in [0, 0.1) is 17.7 Å². The molecule has 0 radical (unpaired) electrons. The van der Waals surface area contributed by atoms with Crippen molar-refractivity contribution in [3.63, 3.8) is 0 Å². The molecule has 0 aromatic heterocycles. The van der Waals surface area contributed by atoms with Crippen LogP contribution in [0.4, 0.5) is 4.39 Å². The zero-order valence-electron chi connectivity index (χ0n) is 20.2. The Morgan fingerprint density at radius 1 is 1.16 bits per heavy atom. The molecule has 3 N–H and O–H groups in total. The Bertz CT molecular complexity index is 893. The van der Waals surface area contributed by atoms with E-state index in [1.54, 1.807) is 23.3 Å². The van der Waals surface area contributed by atoms with Gasteiger partial charge in [0.2, 0.25) is 0 Å². The molecule has 0 amide bonds. The third-order valence-electron chi connectivity index (χ3n) is 8.48. The quantitative estimate of drug-likeness (QED) is 0.498. The van der Waals surface area contributed by atoms with E-state index in [1.807, 2.05) is 0 Å². The molecule has 174 valence electrons. The molecule has 0 spiro atoms. The highest BCUT2D eigenvalue weighted by Gasteiger charge is 2.47. The van der Waals surface area contributed by atoms with Gasteiger partial charge in [-0.05, 0) is 104 Å². The van der Waals surface area contributed by atoms with Gasteiger partial charge >= 0.3 is 0 Å². The van der Waals surface area contributed by atoms with Crippen LogP contribution in [0.15, 0.2) is 42.5 Å². The Morgan fingerprint density at radius 2 is 1.94 bits per heavy atom. The second-order valence-corrected chi connectivity index (χ2v) is 10.5. The molecule has 5 unspecified atom stereocenters. The van der Waals surface area contributed by atoms with Gasteiger partial charge in [0.1, 0.15) is 5.82 Å². The average molecular weight is 437 g/mol. The van der Waals surface area contributed by atoms with Crippen LogP contribution in [0.2, 0.25) is 0 Å². The third-order valence-corrected chi connectivity index (χ3v) is 8.48. The van der Waals surface area contributed by atoms with Crippen molar-refractivity contribution in [1.29, 1.82) is 0 Å². The molecule has 0 heterocycles. The first-order chi connectivity index (χ1) is 15.4. The van der Waals surface area contributed by atoms with Crippen LogP contribution in [0.25, 0.3) is 0 Å². The van der Waals surface area contributed by atoms with Gasteiger partial charge in [0.05, 0.1) is 0 Å². The Labute approximate surface area is 194 Å². The van der Waals surface area contributed by atoms with E-state index in [-0.39, 0.29) is 11.9 Å². The lowest BCUT2D eigenvalue weighted by Crippen LogP contribution is -2.50. The molecule has 0 bridgehead atoms. The Hall–Kier alpha value is -1.71. The highest BCUT2D eigenvalue weighted by molar-refractivity contribution is 5.41. The van der Waals surface area contributed by atoms with Crippen molar-refractivity contribution in [3.8, 4) is 0 Å². The Balaban J connectivity index is 1.39. The molecule has 3 heteroatoms. The molecule has 2 aliphatic rings. The molecule has 2 aromatic rings. The van der Waals surface area contributed by atoms with Crippen LogP contribution in [0.1, 0.15) is 87.6 Å². The molecule has 5 atom stereocenters. The van der Waals surface area contributed by atoms with Gasteiger partial charge in [0, 0.05) is 12.1 Å². The van der Waals surface area contributed by atoms with E-state index < -0.39 is 0 Å². The summed E-state index contributed by atoms with van der Waals surface area (Å²) in [5.74, 6) is 1.25. The molecule has 4 rings (SSSR count). The fourth-order valence-corrected chi connectivity index (χ4v) is 6.69. The monoisotopic (exact) mass is 436 g/mol. The van der Waals surface area contributed by atoms with Crippen molar-refractivity contribution < 1.29 is 4.39 Å². The minimum atomic E-state index is -0.205. The maximum absolute atomic E-state index is 13.2. The van der Waals surface area contributed by atoms with E-state index in [2.05, 4.69) is 44.3 Å². The number of halogens is 1. The second-order valence-electron chi connectivity index (χ2n) is 10.5. The lowest BCUT2D eigenvalue weighted by Gasteiger charge is -2.52. The lowest BCUT2D eigenvalue weighted by atomic mass is 9.53. The average Bonchev–Trinajstić information content (AvgIpc) is 2.78. The Morgan fingerprint density at radius 3 is 2.69 bits per heavy atom. The number of fused-ring (bicyclic) bond motifs is 3. The first kappa shape index (κ1) is 23.4. The summed E-state index contributed by atoms with van der Waals surface area (Å²) < 4.78 is 13.2. The van der Waals surface area contributed by atoms with E-state index in [1.165, 1.54) is 62.6 Å². The zero-order chi connectivity index (χ0) is 22.7. The summed E-state index contributed by atoms with van der Waals surface area (Å²) in [6.07, 6.45) is 9.77. The molecular formula is C29H41FN2. The minimum Gasteiger partial charge on any atom is -0.324 e. The van der Waals surface area contributed by atoms with E-state index in [0.717, 1.165) is 24.4 Å². The third kappa shape index (κ3) is 4.79. The van der Waals surface area contributed by atoms with E-state index >= 15 is 0 Å². The fourth-order valence-electron chi connectivity index (χ4n) is 6.69. The molecule has 1 fully saturated rings. The zero-order valence-corrected chi connectivity index (χ0v) is 20.2. The van der Waals surface area contributed by atoms with Gasteiger partial charge in [0.25, 0.3) is 0 Å². The number of hydrogen-bond acceptors (Lipinski definition) is 2. The summed E-state index contributed by atoms with van der Waals surface area (Å²) in [5, 5.41) is 3.81. The number of nitrogens with two attached hydrogens (primary N) is 1. The number of nitrogens with one attached hydrogen (secondary N) is 1. The first-order valence-corrected chi connectivity index (χ1v) is 12.8. The highest BCUT2D eigenvalue weighted by atomic mass is 19.1. The van der Waals surface area contributed by atoms with Gasteiger partial charge in [0.15, 0.2) is 0 Å². The normalized spacial score (nSPS) is 26.8. The van der Waals surface area contributed by atoms with Gasteiger partial charge in [-0.25, -0.2) is 4.39 Å². The summed E-state index contributed by atoms with van der Waals surface area (Å²) >= 11 is 0. The van der Waals surface area contributed by atoms with E-state index in [9.17, 15) is 4.39 Å². The number of aryl methyl sites for hydroxylation is 2. The molecule has 2 aromatic carbocycles. The summed E-state index contributed by atoms with van der Waals surface area (Å²) in [6, 6.07) is 14.4. The predicted molar refractivity (Wildman–Crippen MR) is 132 cm³/mol. The Kier molecular flexibility index (Phi) is 7.37. The van der Waals surface area contributed by atoms with Crippen LogP contribution in [-0.2, 0) is 18.3 Å². The summed E-state index contributed by atoms with van der Waals surface area (Å²) in [4.78, 5) is 0. The maximum atomic E-state index is 13.2. The number of rotatable bonds is 8. The van der Waals surface area contributed by atoms with Crippen LogP contribution < -0.4 is 11.1 Å². The first-order valence-electron chi connectivity index (χ1n) is 12.8. The van der Waals surface area contributed by atoms with Gasteiger partial charge in [-0.3, -0.25) is 0 Å². The SMILES string of the molecule is CCCc1ccc2c(c1)CCC1C(C(C)NCCC(N)c3ccc(F)cc3)CCCC21C. The second kappa shape index (κ2) is 10.1. The van der Waals surface area contributed by atoms with Crippen LogP contribution in [0.3, 0.4) is 0 Å². The number of benzene rings is 2. The minimum absolute atomic E-state index is 0.0502. The van der Waals surface area contributed by atoms with Crippen molar-refractivity contribution >= 4 is 0 Å². The number of hydrogen-bond donors (Lipinski definition) is 2. The van der Waals surface area contributed by atoms with Gasteiger partial charge in [-0.1, -0.05) is 57.0 Å². The van der Waals surface area contributed by atoms with Crippen LogP contribution in [-0.4, -0.2) is 12.6 Å². The standard InChI is InChI=1S/C29H41FN2/c1-4-6-21-8-14-26-23(19-21)11-15-27-25(7-5-17-29(26,27)3)20(2)32-18-16-28(31)22-9-12-24(30)13-10-22/h8-10,12-14,19-20,25,27-28,32H,4-7,11,15-18,31H2,1-3H3. The molecule has 1 saturated carbocycles. The van der Waals surface area contributed by atoms with Gasteiger partial charge in [-0.15, -0.1) is 0 Å². The summed E-state index contributed by atoms with van der Waals surface area (Å²) in [5.41, 5.74) is 12.4. The van der Waals surface area contributed by atoms with Crippen molar-refractivity contribution in [2.24, 2.45) is 17.6 Å². The van der Waals surface area contributed by atoms with Gasteiger partial charge in [-0.2, -0.15) is 0 Å². The van der Waals surface area contributed by atoms with Crippen LogP contribution in [0.5, 0.6) is 0 Å². The molecular weight excluding hydrogens is 395 g/mol. The van der Waals surface area contributed by atoms with Crippen molar-refractivity contribution in [1.82, 2.24) is 5.32 Å². The lowest BCUT2D eigenvalue weighted by molar-refractivity contribution is 0.0828. The largest absolute Gasteiger partial charge is 0.324 e. The predicted octanol–water partition coefficient (Wildman–Crippen LogP) is 6.47. The van der Waals surface area contributed by atoms with Crippen molar-refractivity contribution in [2.75, 3.05) is 6.54 Å².